The lowest BCUT2D eigenvalue weighted by Crippen LogP contribution is -2.12. The number of hydrogen-bond acceptors (Lipinski definition) is 6. The van der Waals surface area contributed by atoms with Gasteiger partial charge >= 0.3 is 0 Å². The average molecular weight is 302 g/mol. The van der Waals surface area contributed by atoms with E-state index >= 15 is 0 Å². The van der Waals surface area contributed by atoms with Crippen LogP contribution in [0.5, 0.6) is 5.75 Å². The molecule has 0 spiro atoms. The standard InChI is InChI=1S/C13H10N4O3S/c1-20-8-4-2-7(3-5-8)16-13(19)11-9-10(17-21-11)12(18)15-6-14-9/h2-6H,1H3,(H,16,19)(H,14,15,18). The van der Waals surface area contributed by atoms with Crippen molar-refractivity contribution in [3.8, 4) is 5.75 Å². The molecule has 0 unspecified atom stereocenters. The summed E-state index contributed by atoms with van der Waals surface area (Å²) in [7, 11) is 1.57. The van der Waals surface area contributed by atoms with Crippen molar-refractivity contribution in [3.63, 3.8) is 0 Å². The van der Waals surface area contributed by atoms with Crippen LogP contribution in [0.4, 0.5) is 5.69 Å². The molecule has 0 fully saturated rings. The first kappa shape index (κ1) is 13.3. The zero-order chi connectivity index (χ0) is 14.8. The predicted octanol–water partition coefficient (Wildman–Crippen LogP) is 1.64. The van der Waals surface area contributed by atoms with Crippen LogP contribution in [0.1, 0.15) is 9.67 Å². The number of ether oxygens (including phenoxy) is 1. The number of anilines is 1. The second kappa shape index (κ2) is 5.33. The first-order valence-electron chi connectivity index (χ1n) is 5.97. The number of rotatable bonds is 3. The van der Waals surface area contributed by atoms with E-state index in [1.807, 2.05) is 0 Å². The van der Waals surface area contributed by atoms with Crippen molar-refractivity contribution in [1.82, 2.24) is 14.3 Å². The molecule has 0 bridgehead atoms. The van der Waals surface area contributed by atoms with Gasteiger partial charge in [0, 0.05) is 5.69 Å². The number of nitrogens with zero attached hydrogens (tertiary/aromatic N) is 2. The van der Waals surface area contributed by atoms with E-state index in [1.54, 1.807) is 31.4 Å². The minimum atomic E-state index is -0.361. The zero-order valence-electron chi connectivity index (χ0n) is 10.9. The first-order valence-corrected chi connectivity index (χ1v) is 6.75. The minimum absolute atomic E-state index is 0.169. The topological polar surface area (TPSA) is 97.0 Å². The molecule has 3 aromatic rings. The molecular formula is C13H10N4O3S. The number of amides is 1. The van der Waals surface area contributed by atoms with Gasteiger partial charge in [-0.15, -0.1) is 0 Å². The minimum Gasteiger partial charge on any atom is -0.497 e. The van der Waals surface area contributed by atoms with Gasteiger partial charge in [-0.25, -0.2) is 4.98 Å². The third kappa shape index (κ3) is 2.48. The van der Waals surface area contributed by atoms with Crippen molar-refractivity contribution in [1.29, 1.82) is 0 Å². The molecule has 0 aliphatic heterocycles. The van der Waals surface area contributed by atoms with Crippen LogP contribution in [0.15, 0.2) is 35.4 Å². The normalized spacial score (nSPS) is 10.5. The second-order valence-electron chi connectivity index (χ2n) is 4.12. The Morgan fingerprint density at radius 3 is 2.76 bits per heavy atom. The molecule has 106 valence electrons. The molecule has 21 heavy (non-hydrogen) atoms. The third-order valence-corrected chi connectivity index (χ3v) is 3.66. The highest BCUT2D eigenvalue weighted by molar-refractivity contribution is 7.09. The number of benzene rings is 1. The summed E-state index contributed by atoms with van der Waals surface area (Å²) in [5.74, 6) is 0.343. The summed E-state index contributed by atoms with van der Waals surface area (Å²) < 4.78 is 9.01. The second-order valence-corrected chi connectivity index (χ2v) is 4.90. The van der Waals surface area contributed by atoms with Crippen molar-refractivity contribution in [2.75, 3.05) is 12.4 Å². The smallest absolute Gasteiger partial charge is 0.278 e. The van der Waals surface area contributed by atoms with E-state index in [2.05, 4.69) is 19.7 Å². The molecule has 2 aromatic heterocycles. The van der Waals surface area contributed by atoms with Gasteiger partial charge in [0.2, 0.25) is 0 Å². The maximum Gasteiger partial charge on any atom is 0.278 e. The monoisotopic (exact) mass is 302 g/mol. The molecule has 2 heterocycles. The summed E-state index contributed by atoms with van der Waals surface area (Å²) in [4.78, 5) is 30.5. The number of methoxy groups -OCH3 is 1. The lowest BCUT2D eigenvalue weighted by atomic mass is 10.3. The van der Waals surface area contributed by atoms with E-state index < -0.39 is 0 Å². The van der Waals surface area contributed by atoms with Crippen LogP contribution in [0.2, 0.25) is 0 Å². The molecule has 3 rings (SSSR count). The predicted molar refractivity (Wildman–Crippen MR) is 79.0 cm³/mol. The van der Waals surface area contributed by atoms with E-state index in [1.165, 1.54) is 6.33 Å². The Hall–Kier alpha value is -2.74. The number of carbonyl (C=O) groups is 1. The number of hydrogen-bond donors (Lipinski definition) is 2. The molecule has 0 radical (unpaired) electrons. The fourth-order valence-corrected chi connectivity index (χ4v) is 2.51. The fraction of sp³-hybridized carbons (Fsp3) is 0.0769. The molecule has 1 aromatic carbocycles. The summed E-state index contributed by atoms with van der Waals surface area (Å²) in [6, 6.07) is 6.92. The van der Waals surface area contributed by atoms with Gasteiger partial charge in [-0.2, -0.15) is 4.37 Å². The Morgan fingerprint density at radius 1 is 1.29 bits per heavy atom. The summed E-state index contributed by atoms with van der Waals surface area (Å²) in [5.41, 5.74) is 0.726. The Labute approximate surface area is 122 Å². The van der Waals surface area contributed by atoms with E-state index in [-0.39, 0.29) is 17.0 Å². The summed E-state index contributed by atoms with van der Waals surface area (Å²) >= 11 is 0.943. The fourth-order valence-electron chi connectivity index (χ4n) is 1.79. The van der Waals surface area contributed by atoms with Gasteiger partial charge in [0.15, 0.2) is 5.52 Å². The van der Waals surface area contributed by atoms with E-state index in [0.717, 1.165) is 11.5 Å². The van der Waals surface area contributed by atoms with Crippen LogP contribution in [0, 0.1) is 0 Å². The molecule has 0 saturated carbocycles. The molecule has 7 nitrogen and oxygen atoms in total. The van der Waals surface area contributed by atoms with Gasteiger partial charge in [0.1, 0.15) is 16.1 Å². The highest BCUT2D eigenvalue weighted by atomic mass is 32.1. The van der Waals surface area contributed by atoms with Crippen molar-refractivity contribution in [2.24, 2.45) is 0 Å². The van der Waals surface area contributed by atoms with E-state index in [0.29, 0.717) is 21.8 Å². The van der Waals surface area contributed by atoms with Crippen LogP contribution in [0.3, 0.4) is 0 Å². The quantitative estimate of drug-likeness (QED) is 0.766. The Balaban J connectivity index is 1.90. The number of aromatic amines is 1. The zero-order valence-corrected chi connectivity index (χ0v) is 11.7. The van der Waals surface area contributed by atoms with E-state index in [9.17, 15) is 9.59 Å². The van der Waals surface area contributed by atoms with Crippen molar-refractivity contribution in [2.45, 2.75) is 0 Å². The molecule has 0 atom stereocenters. The maximum atomic E-state index is 12.2. The van der Waals surface area contributed by atoms with Gasteiger partial charge in [-0.1, -0.05) is 0 Å². The van der Waals surface area contributed by atoms with Gasteiger partial charge < -0.3 is 15.0 Å². The SMILES string of the molecule is COc1ccc(NC(=O)c2snc3c(=O)[nH]cnc23)cc1. The number of fused-ring (bicyclic) bond motifs is 1. The summed E-state index contributed by atoms with van der Waals surface area (Å²) in [6.45, 7) is 0. The number of carbonyl (C=O) groups excluding carboxylic acids is 1. The van der Waals surface area contributed by atoms with Crippen LogP contribution >= 0.6 is 11.5 Å². The molecule has 0 aliphatic rings. The van der Waals surface area contributed by atoms with E-state index in [4.69, 9.17) is 4.74 Å². The van der Waals surface area contributed by atoms with Crippen LogP contribution in [-0.2, 0) is 0 Å². The molecule has 0 aliphatic carbocycles. The molecule has 8 heteroatoms. The van der Waals surface area contributed by atoms with Gasteiger partial charge in [0.25, 0.3) is 11.5 Å². The lowest BCUT2D eigenvalue weighted by Gasteiger charge is -2.04. The lowest BCUT2D eigenvalue weighted by molar-refractivity contribution is 0.103. The Kier molecular flexibility index (Phi) is 3.36. The molecule has 1 amide bonds. The number of nitrogens with one attached hydrogen (secondary N) is 2. The summed E-state index contributed by atoms with van der Waals surface area (Å²) in [6.07, 6.45) is 1.25. The first-order chi connectivity index (χ1) is 10.2. The van der Waals surface area contributed by atoms with Gasteiger partial charge in [-0.3, -0.25) is 9.59 Å². The summed E-state index contributed by atoms with van der Waals surface area (Å²) in [5, 5.41) is 2.73. The molecular weight excluding hydrogens is 292 g/mol. The number of H-pyrrole nitrogens is 1. The van der Waals surface area contributed by atoms with Crippen molar-refractivity contribution < 1.29 is 9.53 Å². The van der Waals surface area contributed by atoms with Crippen LogP contribution in [-0.4, -0.2) is 27.4 Å². The van der Waals surface area contributed by atoms with Gasteiger partial charge in [-0.05, 0) is 35.8 Å². The largest absolute Gasteiger partial charge is 0.497 e. The van der Waals surface area contributed by atoms with Crippen LogP contribution < -0.4 is 15.6 Å². The maximum absolute atomic E-state index is 12.2. The number of aromatic nitrogens is 3. The third-order valence-electron chi connectivity index (χ3n) is 2.83. The van der Waals surface area contributed by atoms with Gasteiger partial charge in [0.05, 0.1) is 13.4 Å². The molecule has 0 saturated heterocycles. The Morgan fingerprint density at radius 2 is 2.05 bits per heavy atom. The van der Waals surface area contributed by atoms with Crippen LogP contribution in [0.25, 0.3) is 11.0 Å². The van der Waals surface area contributed by atoms with Crippen molar-refractivity contribution >= 4 is 34.2 Å². The average Bonchev–Trinajstić information content (AvgIpc) is 2.93. The Bertz CT molecular complexity index is 854. The highest BCUT2D eigenvalue weighted by Gasteiger charge is 2.17. The van der Waals surface area contributed by atoms with Crippen molar-refractivity contribution in [3.05, 3.63) is 45.8 Å². The highest BCUT2D eigenvalue weighted by Crippen LogP contribution is 2.20. The molecule has 2 N–H and O–H groups in total.